The average Bonchev–Trinajstić information content (AvgIpc) is 3.38. The van der Waals surface area contributed by atoms with Crippen LogP contribution in [0.4, 0.5) is 0 Å². The van der Waals surface area contributed by atoms with E-state index in [1.807, 2.05) is 6.08 Å². The molecular formula is C66H127NO5. The third kappa shape index (κ3) is 57.6. The van der Waals surface area contributed by atoms with Crippen molar-refractivity contribution in [1.29, 1.82) is 0 Å². The Hall–Kier alpha value is -1.66. The molecule has 3 N–H and O–H groups in total. The summed E-state index contributed by atoms with van der Waals surface area (Å²) in [7, 11) is 0. The van der Waals surface area contributed by atoms with Gasteiger partial charge in [0.25, 0.3) is 0 Å². The molecule has 6 heteroatoms. The summed E-state index contributed by atoms with van der Waals surface area (Å²) in [5.74, 6) is -0.0499. The minimum atomic E-state index is -0.839. The van der Waals surface area contributed by atoms with Gasteiger partial charge in [-0.05, 0) is 57.8 Å². The number of aliphatic hydroxyl groups excluding tert-OH is 2. The Morgan fingerprint density at radius 1 is 0.375 bits per heavy atom. The van der Waals surface area contributed by atoms with Gasteiger partial charge in [0.15, 0.2) is 0 Å². The molecule has 0 saturated carbocycles. The van der Waals surface area contributed by atoms with E-state index in [4.69, 9.17) is 4.74 Å². The number of ether oxygens (including phenoxy) is 1. The number of rotatable bonds is 61. The quantitative estimate of drug-likeness (QED) is 0.0320. The number of unbranched alkanes of at least 4 members (excludes halogenated alkanes) is 48. The molecule has 2 atom stereocenters. The highest BCUT2D eigenvalue weighted by Gasteiger charge is 2.18. The van der Waals surface area contributed by atoms with Gasteiger partial charge in [-0.25, -0.2) is 0 Å². The van der Waals surface area contributed by atoms with E-state index in [2.05, 4.69) is 31.3 Å². The van der Waals surface area contributed by atoms with Crippen LogP contribution in [0, 0.1) is 0 Å². The highest BCUT2D eigenvalue weighted by Crippen LogP contribution is 2.18. The maximum absolute atomic E-state index is 12.4. The Morgan fingerprint density at radius 2 is 0.653 bits per heavy atom. The number of amides is 1. The van der Waals surface area contributed by atoms with Gasteiger partial charge in [-0.15, -0.1) is 0 Å². The van der Waals surface area contributed by atoms with Crippen LogP contribution in [0.25, 0.3) is 0 Å². The van der Waals surface area contributed by atoms with Crippen LogP contribution in [0.2, 0.25) is 0 Å². The maximum atomic E-state index is 12.4. The molecule has 0 heterocycles. The van der Waals surface area contributed by atoms with Gasteiger partial charge >= 0.3 is 5.97 Å². The Kier molecular flexibility index (Phi) is 60.5. The molecule has 426 valence electrons. The van der Waals surface area contributed by atoms with E-state index in [-0.39, 0.29) is 18.5 Å². The van der Waals surface area contributed by atoms with Crippen molar-refractivity contribution >= 4 is 11.9 Å². The van der Waals surface area contributed by atoms with Gasteiger partial charge in [-0.3, -0.25) is 9.59 Å². The first-order valence-electron chi connectivity index (χ1n) is 32.6. The zero-order valence-corrected chi connectivity index (χ0v) is 48.7. The Labute approximate surface area is 450 Å². The molecule has 72 heavy (non-hydrogen) atoms. The summed E-state index contributed by atoms with van der Waals surface area (Å²) in [6.45, 7) is 4.89. The molecule has 6 nitrogen and oxygen atoms in total. The van der Waals surface area contributed by atoms with Gasteiger partial charge in [-0.2, -0.15) is 0 Å². The molecule has 0 aromatic rings. The van der Waals surface area contributed by atoms with Crippen molar-refractivity contribution in [1.82, 2.24) is 5.32 Å². The van der Waals surface area contributed by atoms with E-state index in [0.29, 0.717) is 19.4 Å². The first kappa shape index (κ1) is 70.3. The van der Waals surface area contributed by atoms with Gasteiger partial charge in [0.1, 0.15) is 0 Å². The number of carbonyl (C=O) groups excluding carboxylic acids is 2. The van der Waals surface area contributed by atoms with E-state index >= 15 is 0 Å². The number of carbonyl (C=O) groups is 2. The SMILES string of the molecule is CCCCCCCC/C=C\CCCCCCCCCC(=O)OCCCCCCCCCCCCCCCCCCCCCCCCCCCCCCCC(=O)NC(CO)C(O)/C=C/CCCCCCCCC. The highest BCUT2D eigenvalue weighted by atomic mass is 16.5. The van der Waals surface area contributed by atoms with Crippen LogP contribution < -0.4 is 5.32 Å². The normalized spacial score (nSPS) is 12.7. The van der Waals surface area contributed by atoms with Crippen molar-refractivity contribution in [2.45, 2.75) is 373 Å². The zero-order chi connectivity index (χ0) is 52.2. The van der Waals surface area contributed by atoms with Gasteiger partial charge in [0.05, 0.1) is 25.4 Å². The van der Waals surface area contributed by atoms with Crippen molar-refractivity contribution in [2.24, 2.45) is 0 Å². The summed E-state index contributed by atoms with van der Waals surface area (Å²) in [6, 6.07) is -0.622. The number of hydrogen-bond acceptors (Lipinski definition) is 5. The summed E-state index contributed by atoms with van der Waals surface area (Å²) in [4.78, 5) is 24.5. The Morgan fingerprint density at radius 3 is 0.986 bits per heavy atom. The van der Waals surface area contributed by atoms with E-state index in [1.165, 1.54) is 289 Å². The molecule has 0 saturated heterocycles. The first-order valence-corrected chi connectivity index (χ1v) is 32.6. The maximum Gasteiger partial charge on any atom is 0.305 e. The third-order valence-corrected chi connectivity index (χ3v) is 15.2. The van der Waals surface area contributed by atoms with Crippen molar-refractivity contribution in [3.05, 3.63) is 24.3 Å². The number of hydrogen-bond donors (Lipinski definition) is 3. The molecule has 0 aromatic heterocycles. The zero-order valence-electron chi connectivity index (χ0n) is 48.7. The molecule has 0 fully saturated rings. The number of nitrogens with one attached hydrogen (secondary N) is 1. The van der Waals surface area contributed by atoms with Crippen LogP contribution in [0.3, 0.4) is 0 Å². The van der Waals surface area contributed by atoms with Crippen molar-refractivity contribution < 1.29 is 24.5 Å². The minimum Gasteiger partial charge on any atom is -0.466 e. The highest BCUT2D eigenvalue weighted by molar-refractivity contribution is 5.76. The van der Waals surface area contributed by atoms with Crippen LogP contribution in [-0.4, -0.2) is 47.4 Å². The fraction of sp³-hybridized carbons (Fsp3) is 0.909. The third-order valence-electron chi connectivity index (χ3n) is 15.2. The summed E-state index contributed by atoms with van der Waals surface area (Å²) < 4.78 is 5.50. The fourth-order valence-corrected chi connectivity index (χ4v) is 10.2. The summed E-state index contributed by atoms with van der Waals surface area (Å²) >= 11 is 0. The predicted molar refractivity (Wildman–Crippen MR) is 315 cm³/mol. The van der Waals surface area contributed by atoms with Crippen molar-refractivity contribution in [3.8, 4) is 0 Å². The van der Waals surface area contributed by atoms with Crippen LogP contribution in [0.5, 0.6) is 0 Å². The average molecular weight is 1010 g/mol. The second-order valence-electron chi connectivity index (χ2n) is 22.5. The monoisotopic (exact) mass is 1010 g/mol. The number of esters is 1. The molecule has 2 unspecified atom stereocenters. The Balaban J connectivity index is 3.30. The minimum absolute atomic E-state index is 0.0161. The van der Waals surface area contributed by atoms with Crippen molar-refractivity contribution in [3.63, 3.8) is 0 Å². The molecule has 0 spiro atoms. The predicted octanol–water partition coefficient (Wildman–Crippen LogP) is 20.6. The Bertz CT molecular complexity index is 1120. The smallest absolute Gasteiger partial charge is 0.305 e. The van der Waals surface area contributed by atoms with Gasteiger partial charge < -0.3 is 20.3 Å². The summed E-state index contributed by atoms with van der Waals surface area (Å²) in [5.41, 5.74) is 0. The van der Waals surface area contributed by atoms with E-state index in [9.17, 15) is 19.8 Å². The van der Waals surface area contributed by atoms with Crippen LogP contribution in [0.15, 0.2) is 24.3 Å². The van der Waals surface area contributed by atoms with E-state index in [0.717, 1.165) is 44.9 Å². The molecule has 0 aliphatic carbocycles. The molecule has 0 bridgehead atoms. The summed E-state index contributed by atoms with van der Waals surface area (Å²) in [6.07, 6.45) is 76.8. The number of allylic oxidation sites excluding steroid dienone is 3. The lowest BCUT2D eigenvalue weighted by Gasteiger charge is -2.20. The topological polar surface area (TPSA) is 95.9 Å². The largest absolute Gasteiger partial charge is 0.466 e. The molecule has 0 aliphatic rings. The molecule has 1 amide bonds. The fourth-order valence-electron chi connectivity index (χ4n) is 10.2. The molecule has 0 rings (SSSR count). The standard InChI is InChI=1S/C66H127NO5/c1-3-5-7-9-11-13-14-15-16-30-34-37-40-44-48-52-56-60-66(71)72-61-57-53-49-45-41-38-35-32-29-27-25-23-21-19-17-18-20-22-24-26-28-31-33-36-39-43-47-51-55-59-65(70)67-63(62-68)64(69)58-54-50-46-42-12-10-8-6-4-2/h15-16,54,58,63-64,68-69H,3-14,17-53,55-57,59-62H2,1-2H3,(H,67,70)/b16-15-,58-54+. The second kappa shape index (κ2) is 61.9. The molecule has 0 aromatic carbocycles. The lowest BCUT2D eigenvalue weighted by molar-refractivity contribution is -0.143. The molecule has 0 radical (unpaired) electrons. The molecular weight excluding hydrogens is 887 g/mol. The van der Waals surface area contributed by atoms with E-state index < -0.39 is 12.1 Å². The lowest BCUT2D eigenvalue weighted by Crippen LogP contribution is -2.45. The second-order valence-corrected chi connectivity index (χ2v) is 22.5. The van der Waals surface area contributed by atoms with Crippen molar-refractivity contribution in [2.75, 3.05) is 13.2 Å². The lowest BCUT2D eigenvalue weighted by atomic mass is 10.0. The van der Waals surface area contributed by atoms with Gasteiger partial charge in [-0.1, -0.05) is 314 Å². The first-order chi connectivity index (χ1) is 35.5. The van der Waals surface area contributed by atoms with E-state index in [1.54, 1.807) is 6.08 Å². The van der Waals surface area contributed by atoms with Crippen LogP contribution in [0.1, 0.15) is 361 Å². The van der Waals surface area contributed by atoms with Crippen LogP contribution >= 0.6 is 0 Å². The van der Waals surface area contributed by atoms with Crippen LogP contribution in [-0.2, 0) is 14.3 Å². The summed E-state index contributed by atoms with van der Waals surface area (Å²) in [5, 5.41) is 23.0. The van der Waals surface area contributed by atoms with Gasteiger partial charge in [0.2, 0.25) is 5.91 Å². The molecule has 0 aliphatic heterocycles. The van der Waals surface area contributed by atoms with Gasteiger partial charge in [0, 0.05) is 12.8 Å². The number of aliphatic hydroxyl groups is 2.